The van der Waals surface area contributed by atoms with Gasteiger partial charge in [0.15, 0.2) is 0 Å². The van der Waals surface area contributed by atoms with Crippen molar-refractivity contribution in [2.45, 2.75) is 0 Å². The Balaban J connectivity index is 2.51. The predicted octanol–water partition coefficient (Wildman–Crippen LogP) is 1.08. The van der Waals surface area contributed by atoms with Gasteiger partial charge in [0, 0.05) is 16.3 Å². The van der Waals surface area contributed by atoms with E-state index in [4.69, 9.17) is 4.42 Å². The van der Waals surface area contributed by atoms with Crippen LogP contribution in [0, 0.1) is 0 Å². The van der Waals surface area contributed by atoms with Crippen LogP contribution in [0.1, 0.15) is 10.4 Å². The van der Waals surface area contributed by atoms with Crippen LogP contribution in [0.4, 0.5) is 0 Å². The predicted molar refractivity (Wildman–Crippen MR) is 68.9 cm³/mol. The molecule has 88 valence electrons. The molecular formula is C13H9BO4. The first-order valence-electron chi connectivity index (χ1n) is 5.47. The Morgan fingerprint density at radius 3 is 2.61 bits per heavy atom. The van der Waals surface area contributed by atoms with Crippen molar-refractivity contribution in [1.82, 2.24) is 0 Å². The summed E-state index contributed by atoms with van der Waals surface area (Å²) in [4.78, 5) is 10.8. The summed E-state index contributed by atoms with van der Waals surface area (Å²) in [5.41, 5.74) is 1.76. The maximum Gasteiger partial charge on any atom is 0.489 e. The van der Waals surface area contributed by atoms with E-state index >= 15 is 0 Å². The lowest BCUT2D eigenvalue weighted by atomic mass is 9.77. The highest BCUT2D eigenvalue weighted by atomic mass is 16.4. The molecule has 1 heterocycles. The Kier molecular flexibility index (Phi) is 2.43. The maximum atomic E-state index is 10.8. The van der Waals surface area contributed by atoms with Gasteiger partial charge in [0.25, 0.3) is 0 Å². The van der Waals surface area contributed by atoms with Crippen LogP contribution in [0.2, 0.25) is 0 Å². The number of hydrogen-bond donors (Lipinski definition) is 2. The lowest BCUT2D eigenvalue weighted by Crippen LogP contribution is -2.30. The molecule has 1 aromatic heterocycles. The highest BCUT2D eigenvalue weighted by Crippen LogP contribution is 2.27. The second-order valence-electron chi connectivity index (χ2n) is 4.07. The molecule has 0 bridgehead atoms. The summed E-state index contributed by atoms with van der Waals surface area (Å²) in [6, 6.07) is 10.4. The van der Waals surface area contributed by atoms with Gasteiger partial charge in [-0.3, -0.25) is 4.79 Å². The van der Waals surface area contributed by atoms with Crippen LogP contribution >= 0.6 is 0 Å². The molecule has 3 aromatic rings. The van der Waals surface area contributed by atoms with Crippen molar-refractivity contribution in [1.29, 1.82) is 0 Å². The molecule has 0 unspecified atom stereocenters. The summed E-state index contributed by atoms with van der Waals surface area (Å²) < 4.78 is 5.60. The molecule has 0 amide bonds. The average Bonchev–Trinajstić information content (AvgIpc) is 2.75. The second-order valence-corrected chi connectivity index (χ2v) is 4.07. The van der Waals surface area contributed by atoms with E-state index in [0.29, 0.717) is 28.4 Å². The Morgan fingerprint density at radius 1 is 1.11 bits per heavy atom. The fourth-order valence-electron chi connectivity index (χ4n) is 2.18. The van der Waals surface area contributed by atoms with E-state index in [-0.39, 0.29) is 5.46 Å². The molecule has 3 rings (SSSR count). The minimum atomic E-state index is -1.64. The van der Waals surface area contributed by atoms with Crippen molar-refractivity contribution in [2.75, 3.05) is 0 Å². The molecule has 0 spiro atoms. The van der Waals surface area contributed by atoms with Crippen molar-refractivity contribution < 1.29 is 19.3 Å². The lowest BCUT2D eigenvalue weighted by molar-refractivity contribution is 0.112. The van der Waals surface area contributed by atoms with Gasteiger partial charge in [-0.2, -0.15) is 0 Å². The van der Waals surface area contributed by atoms with Gasteiger partial charge < -0.3 is 14.5 Å². The number of fused-ring (bicyclic) bond motifs is 3. The fraction of sp³-hybridized carbons (Fsp3) is 0. The third kappa shape index (κ3) is 1.53. The first kappa shape index (κ1) is 11.0. The minimum absolute atomic E-state index is 0.277. The van der Waals surface area contributed by atoms with E-state index in [0.717, 1.165) is 5.39 Å². The highest BCUT2D eigenvalue weighted by Gasteiger charge is 2.20. The third-order valence-electron chi connectivity index (χ3n) is 2.95. The summed E-state index contributed by atoms with van der Waals surface area (Å²) in [6.45, 7) is 0. The maximum absolute atomic E-state index is 10.8. The molecule has 5 heteroatoms. The number of para-hydroxylation sites is 1. The van der Waals surface area contributed by atoms with Gasteiger partial charge >= 0.3 is 7.12 Å². The van der Waals surface area contributed by atoms with Gasteiger partial charge in [-0.05, 0) is 17.6 Å². The first-order valence-corrected chi connectivity index (χ1v) is 5.47. The molecule has 2 N–H and O–H groups in total. The van der Waals surface area contributed by atoms with Crippen LogP contribution in [-0.2, 0) is 0 Å². The Bertz CT molecular complexity index is 745. The van der Waals surface area contributed by atoms with Crippen LogP contribution in [0.5, 0.6) is 0 Å². The lowest BCUT2D eigenvalue weighted by Gasteiger charge is -2.02. The van der Waals surface area contributed by atoms with Gasteiger partial charge in [-0.25, -0.2) is 0 Å². The van der Waals surface area contributed by atoms with E-state index in [1.807, 2.05) is 18.2 Å². The molecule has 0 saturated heterocycles. The van der Waals surface area contributed by atoms with Crippen molar-refractivity contribution >= 4 is 40.8 Å². The van der Waals surface area contributed by atoms with Crippen LogP contribution in [0.25, 0.3) is 21.9 Å². The van der Waals surface area contributed by atoms with Crippen molar-refractivity contribution in [3.05, 3.63) is 42.0 Å². The van der Waals surface area contributed by atoms with Crippen molar-refractivity contribution in [3.8, 4) is 0 Å². The van der Waals surface area contributed by atoms with Crippen molar-refractivity contribution in [3.63, 3.8) is 0 Å². The standard InChI is InChI=1S/C13H9BO4/c15-7-8-5-10(14(16)17)13-9-3-1-2-4-11(9)18-12(13)6-8/h1-7,16-17H. The third-order valence-corrected chi connectivity index (χ3v) is 2.95. The summed E-state index contributed by atoms with van der Waals surface area (Å²) in [7, 11) is -1.64. The molecular weight excluding hydrogens is 231 g/mol. The topological polar surface area (TPSA) is 70.7 Å². The number of hydrogen-bond acceptors (Lipinski definition) is 4. The van der Waals surface area contributed by atoms with E-state index in [1.165, 1.54) is 6.07 Å². The smallest absolute Gasteiger partial charge is 0.456 e. The number of furan rings is 1. The number of carbonyl (C=O) groups is 1. The van der Waals surface area contributed by atoms with Gasteiger partial charge in [-0.15, -0.1) is 0 Å². The van der Waals surface area contributed by atoms with Crippen molar-refractivity contribution in [2.24, 2.45) is 0 Å². The normalized spacial score (nSPS) is 11.0. The van der Waals surface area contributed by atoms with E-state index in [9.17, 15) is 14.8 Å². The molecule has 18 heavy (non-hydrogen) atoms. The molecule has 0 atom stereocenters. The van der Waals surface area contributed by atoms with E-state index < -0.39 is 7.12 Å². The van der Waals surface area contributed by atoms with Crippen LogP contribution in [0.15, 0.2) is 40.8 Å². The second kappa shape index (κ2) is 3.98. The monoisotopic (exact) mass is 240 g/mol. The molecule has 4 nitrogen and oxygen atoms in total. The summed E-state index contributed by atoms with van der Waals surface area (Å²) in [5, 5.41) is 20.3. The molecule has 0 saturated carbocycles. The molecule has 0 aliphatic rings. The molecule has 0 fully saturated rings. The minimum Gasteiger partial charge on any atom is -0.456 e. The zero-order valence-corrected chi connectivity index (χ0v) is 9.33. The SMILES string of the molecule is O=Cc1cc(B(O)O)c2c(c1)oc1ccccc12. The van der Waals surface area contributed by atoms with Crippen LogP contribution in [-0.4, -0.2) is 23.5 Å². The first-order chi connectivity index (χ1) is 8.70. The molecule has 2 aromatic carbocycles. The average molecular weight is 240 g/mol. The zero-order chi connectivity index (χ0) is 12.7. The molecule has 0 radical (unpaired) electrons. The van der Waals surface area contributed by atoms with Gasteiger partial charge in [0.05, 0.1) is 0 Å². The van der Waals surface area contributed by atoms with E-state index in [1.54, 1.807) is 12.1 Å². The largest absolute Gasteiger partial charge is 0.489 e. The zero-order valence-electron chi connectivity index (χ0n) is 9.33. The van der Waals surface area contributed by atoms with E-state index in [2.05, 4.69) is 0 Å². The van der Waals surface area contributed by atoms with Gasteiger partial charge in [0.2, 0.25) is 0 Å². The number of carbonyl (C=O) groups excluding carboxylic acids is 1. The quantitative estimate of drug-likeness (QED) is 0.519. The number of benzene rings is 2. The van der Waals surface area contributed by atoms with Crippen LogP contribution < -0.4 is 5.46 Å². The summed E-state index contributed by atoms with van der Waals surface area (Å²) >= 11 is 0. The number of rotatable bonds is 2. The highest BCUT2D eigenvalue weighted by molar-refractivity contribution is 6.63. The Labute approximate surface area is 103 Å². The molecule has 0 aliphatic heterocycles. The summed E-state index contributed by atoms with van der Waals surface area (Å²) in [6.07, 6.45) is 0.651. The fourth-order valence-corrected chi connectivity index (χ4v) is 2.18. The Hall–Kier alpha value is -2.11. The van der Waals surface area contributed by atoms with Crippen LogP contribution in [0.3, 0.4) is 0 Å². The van der Waals surface area contributed by atoms with Gasteiger partial charge in [0.1, 0.15) is 17.5 Å². The Morgan fingerprint density at radius 2 is 1.89 bits per heavy atom. The number of aldehydes is 1. The summed E-state index contributed by atoms with van der Waals surface area (Å²) in [5.74, 6) is 0. The molecule has 0 aliphatic carbocycles. The van der Waals surface area contributed by atoms with Gasteiger partial charge in [-0.1, -0.05) is 24.3 Å².